The third-order valence-electron chi connectivity index (χ3n) is 5.44. The molecule has 2 aromatic carbocycles. The van der Waals surface area contributed by atoms with Gasteiger partial charge in [0.25, 0.3) is 0 Å². The van der Waals surface area contributed by atoms with Crippen molar-refractivity contribution >= 4 is 17.6 Å². The van der Waals surface area contributed by atoms with Crippen LogP contribution in [-0.4, -0.2) is 26.7 Å². The van der Waals surface area contributed by atoms with Gasteiger partial charge in [-0.2, -0.15) is 0 Å². The number of hydrogen-bond donors (Lipinski definition) is 0. The second-order valence-electron chi connectivity index (χ2n) is 7.82. The molecule has 0 unspecified atom stereocenters. The van der Waals surface area contributed by atoms with Crippen molar-refractivity contribution in [2.45, 2.75) is 27.3 Å². The summed E-state index contributed by atoms with van der Waals surface area (Å²) in [6.45, 7) is 7.38. The molecule has 0 N–H and O–H groups in total. The number of benzene rings is 2. The molecule has 0 radical (unpaired) electrons. The number of hydrogen-bond acceptors (Lipinski definition) is 2. The van der Waals surface area contributed by atoms with E-state index in [9.17, 15) is 4.79 Å². The fraction of sp³-hybridized carbons (Fsp3) is 0.185. The molecule has 0 fully saturated rings. The van der Waals surface area contributed by atoms with Crippen molar-refractivity contribution in [1.29, 1.82) is 0 Å². The summed E-state index contributed by atoms with van der Waals surface area (Å²) >= 11 is 0. The lowest BCUT2D eigenvalue weighted by Gasteiger charge is -2.19. The molecule has 0 spiro atoms. The zero-order chi connectivity index (χ0) is 21.8. The largest absolute Gasteiger partial charge is 0.335 e. The molecule has 0 aliphatic carbocycles. The first-order valence-corrected chi connectivity index (χ1v) is 10.6. The number of likely N-dealkylation sites (N-methyl/N-ethyl adjacent to an activating group) is 1. The Morgan fingerprint density at radius 2 is 1.74 bits per heavy atom. The van der Waals surface area contributed by atoms with Gasteiger partial charge in [-0.1, -0.05) is 60.2 Å². The van der Waals surface area contributed by atoms with E-state index in [0.717, 1.165) is 33.7 Å². The Labute approximate surface area is 183 Å². The van der Waals surface area contributed by atoms with Gasteiger partial charge in [-0.15, -0.1) is 0 Å². The van der Waals surface area contributed by atoms with Gasteiger partial charge < -0.3 is 4.90 Å². The normalized spacial score (nSPS) is 11.3. The van der Waals surface area contributed by atoms with Crippen LogP contribution < -0.4 is 0 Å². The zero-order valence-corrected chi connectivity index (χ0v) is 18.2. The smallest absolute Gasteiger partial charge is 0.246 e. The number of nitrogens with zero attached hydrogens (tertiary/aromatic N) is 3. The number of pyridine rings is 1. The molecule has 4 heteroatoms. The van der Waals surface area contributed by atoms with E-state index in [4.69, 9.17) is 4.98 Å². The summed E-state index contributed by atoms with van der Waals surface area (Å²) in [5.74, 6) is -0.0109. The van der Waals surface area contributed by atoms with E-state index in [0.29, 0.717) is 13.1 Å². The molecule has 2 aromatic heterocycles. The SMILES string of the molecule is CCN(Cc1ccccc1)C(=O)/C=C/c1c(-c2ccc(C)cc2)nc2cc(C)ccn12. The molecule has 0 aliphatic heterocycles. The Morgan fingerprint density at radius 1 is 1.00 bits per heavy atom. The van der Waals surface area contributed by atoms with Crippen LogP contribution in [0.3, 0.4) is 0 Å². The Morgan fingerprint density at radius 3 is 2.45 bits per heavy atom. The van der Waals surface area contributed by atoms with Gasteiger partial charge in [-0.3, -0.25) is 9.20 Å². The first-order chi connectivity index (χ1) is 15.0. The van der Waals surface area contributed by atoms with E-state index >= 15 is 0 Å². The molecule has 31 heavy (non-hydrogen) atoms. The predicted molar refractivity (Wildman–Crippen MR) is 127 cm³/mol. The predicted octanol–water partition coefficient (Wildman–Crippen LogP) is 5.68. The molecule has 4 rings (SSSR count). The van der Waals surface area contributed by atoms with Crippen LogP contribution in [0, 0.1) is 13.8 Å². The number of rotatable bonds is 6. The third-order valence-corrected chi connectivity index (χ3v) is 5.44. The van der Waals surface area contributed by atoms with Crippen molar-refractivity contribution in [3.63, 3.8) is 0 Å². The molecule has 0 atom stereocenters. The first kappa shape index (κ1) is 20.6. The molecule has 0 saturated heterocycles. The van der Waals surface area contributed by atoms with Crippen LogP contribution in [0.5, 0.6) is 0 Å². The van der Waals surface area contributed by atoms with Gasteiger partial charge in [0.1, 0.15) is 5.65 Å². The molecule has 2 heterocycles. The fourth-order valence-electron chi connectivity index (χ4n) is 3.65. The van der Waals surface area contributed by atoms with Gasteiger partial charge in [0.2, 0.25) is 5.91 Å². The zero-order valence-electron chi connectivity index (χ0n) is 18.2. The molecule has 1 amide bonds. The first-order valence-electron chi connectivity index (χ1n) is 10.6. The minimum Gasteiger partial charge on any atom is -0.335 e. The fourth-order valence-corrected chi connectivity index (χ4v) is 3.65. The lowest BCUT2D eigenvalue weighted by molar-refractivity contribution is -0.126. The lowest BCUT2D eigenvalue weighted by atomic mass is 10.1. The second kappa shape index (κ2) is 9.00. The van der Waals surface area contributed by atoms with Crippen molar-refractivity contribution in [2.24, 2.45) is 0 Å². The maximum absolute atomic E-state index is 13.0. The average molecular weight is 410 g/mol. The van der Waals surface area contributed by atoms with Gasteiger partial charge in [-0.25, -0.2) is 4.98 Å². The van der Waals surface area contributed by atoms with E-state index < -0.39 is 0 Å². The van der Waals surface area contributed by atoms with Crippen LogP contribution in [-0.2, 0) is 11.3 Å². The molecule has 4 aromatic rings. The Balaban J connectivity index is 1.69. The number of fused-ring (bicyclic) bond motifs is 1. The summed E-state index contributed by atoms with van der Waals surface area (Å²) < 4.78 is 2.04. The third kappa shape index (κ3) is 4.58. The van der Waals surface area contributed by atoms with E-state index in [1.54, 1.807) is 6.08 Å². The molecule has 0 bridgehead atoms. The summed E-state index contributed by atoms with van der Waals surface area (Å²) in [6, 6.07) is 22.5. The Kier molecular flexibility index (Phi) is 5.99. The Bertz CT molecular complexity index is 1220. The van der Waals surface area contributed by atoms with Crippen LogP contribution in [0.1, 0.15) is 29.3 Å². The topological polar surface area (TPSA) is 37.6 Å². The van der Waals surface area contributed by atoms with Gasteiger partial charge in [0.15, 0.2) is 0 Å². The van der Waals surface area contributed by atoms with Gasteiger partial charge >= 0.3 is 0 Å². The summed E-state index contributed by atoms with van der Waals surface area (Å²) in [4.78, 5) is 19.7. The second-order valence-corrected chi connectivity index (χ2v) is 7.82. The standard InChI is InChI=1S/C27H27N3O/c1-4-29(19-22-8-6-5-7-9-22)26(31)15-14-24-27(23-12-10-20(2)11-13-23)28-25-18-21(3)16-17-30(24)25/h5-18H,4,19H2,1-3H3/b15-14+. The van der Waals surface area contributed by atoms with E-state index in [1.165, 1.54) is 5.56 Å². The lowest BCUT2D eigenvalue weighted by Crippen LogP contribution is -2.28. The summed E-state index contributed by atoms with van der Waals surface area (Å²) in [5, 5.41) is 0. The summed E-state index contributed by atoms with van der Waals surface area (Å²) in [6.07, 6.45) is 5.56. The molecular formula is C27H27N3O. The maximum Gasteiger partial charge on any atom is 0.246 e. The van der Waals surface area contributed by atoms with Crippen LogP contribution in [0.4, 0.5) is 0 Å². The highest BCUT2D eigenvalue weighted by Gasteiger charge is 2.14. The number of amides is 1. The minimum atomic E-state index is -0.0109. The quantitative estimate of drug-likeness (QED) is 0.384. The maximum atomic E-state index is 13.0. The van der Waals surface area contributed by atoms with Crippen molar-refractivity contribution < 1.29 is 4.79 Å². The van der Waals surface area contributed by atoms with Crippen molar-refractivity contribution in [2.75, 3.05) is 6.54 Å². The van der Waals surface area contributed by atoms with E-state index in [2.05, 4.69) is 50.2 Å². The highest BCUT2D eigenvalue weighted by Crippen LogP contribution is 2.26. The van der Waals surface area contributed by atoms with Gasteiger partial charge in [0.05, 0.1) is 11.4 Å². The van der Waals surface area contributed by atoms with E-state index in [-0.39, 0.29) is 5.91 Å². The number of imidazole rings is 1. The number of carbonyl (C=O) groups is 1. The molecular weight excluding hydrogens is 382 g/mol. The van der Waals surface area contributed by atoms with Gasteiger partial charge in [-0.05, 0) is 50.1 Å². The summed E-state index contributed by atoms with van der Waals surface area (Å²) in [5.41, 5.74) is 7.17. The van der Waals surface area contributed by atoms with Crippen molar-refractivity contribution in [3.8, 4) is 11.3 Å². The number of carbonyl (C=O) groups excluding carboxylic acids is 1. The van der Waals surface area contributed by atoms with Crippen LogP contribution in [0.25, 0.3) is 23.0 Å². The van der Waals surface area contributed by atoms with Crippen LogP contribution in [0.15, 0.2) is 79.0 Å². The molecule has 4 nitrogen and oxygen atoms in total. The number of aromatic nitrogens is 2. The molecule has 156 valence electrons. The highest BCUT2D eigenvalue weighted by atomic mass is 16.2. The van der Waals surface area contributed by atoms with Gasteiger partial charge in [0, 0.05) is 30.9 Å². The average Bonchev–Trinajstić information content (AvgIpc) is 3.14. The van der Waals surface area contributed by atoms with Crippen molar-refractivity contribution in [3.05, 3.63) is 101 Å². The Hall–Kier alpha value is -3.66. The highest BCUT2D eigenvalue weighted by molar-refractivity contribution is 5.93. The van der Waals surface area contributed by atoms with E-state index in [1.807, 2.05) is 58.8 Å². The van der Waals surface area contributed by atoms with Crippen LogP contribution in [0.2, 0.25) is 0 Å². The molecule has 0 saturated carbocycles. The minimum absolute atomic E-state index is 0.0109. The number of aryl methyl sites for hydroxylation is 2. The van der Waals surface area contributed by atoms with Crippen molar-refractivity contribution in [1.82, 2.24) is 14.3 Å². The monoisotopic (exact) mass is 409 g/mol. The summed E-state index contributed by atoms with van der Waals surface area (Å²) in [7, 11) is 0. The molecule has 0 aliphatic rings. The van der Waals surface area contributed by atoms with Crippen LogP contribution >= 0.6 is 0 Å².